The van der Waals surface area contributed by atoms with E-state index < -0.39 is 9.84 Å². The predicted octanol–water partition coefficient (Wildman–Crippen LogP) is 2.98. The Bertz CT molecular complexity index is 1080. The first-order valence-electron chi connectivity index (χ1n) is 8.66. The van der Waals surface area contributed by atoms with Gasteiger partial charge in [0.1, 0.15) is 0 Å². The Morgan fingerprint density at radius 2 is 1.48 bits per heavy atom. The molecule has 0 radical (unpaired) electrons. The second-order valence-corrected chi connectivity index (χ2v) is 9.37. The van der Waals surface area contributed by atoms with Crippen molar-refractivity contribution in [3.8, 4) is 0 Å². The molecule has 0 spiro atoms. The largest absolute Gasteiger partial charge is 0.352 e. The Morgan fingerprint density at radius 3 is 2.11 bits per heavy atom. The summed E-state index contributed by atoms with van der Waals surface area (Å²) in [6.07, 6.45) is 0. The first-order valence-corrected chi connectivity index (χ1v) is 10.9. The van der Waals surface area contributed by atoms with Crippen LogP contribution in [0.2, 0.25) is 0 Å². The van der Waals surface area contributed by atoms with Crippen molar-refractivity contribution in [2.45, 2.75) is 9.92 Å². The van der Waals surface area contributed by atoms with E-state index >= 15 is 0 Å². The van der Waals surface area contributed by atoms with E-state index in [0.717, 1.165) is 17.6 Å². The van der Waals surface area contributed by atoms with Gasteiger partial charge in [-0.15, -0.1) is 0 Å². The van der Waals surface area contributed by atoms with E-state index in [9.17, 15) is 8.42 Å². The number of aromatic nitrogens is 2. The molecule has 4 rings (SSSR count). The topological polar surface area (TPSA) is 66.4 Å². The first kappa shape index (κ1) is 18.3. The van der Waals surface area contributed by atoms with Crippen LogP contribution in [0.4, 0.5) is 5.82 Å². The summed E-state index contributed by atoms with van der Waals surface area (Å²) in [7, 11) is -1.73. The lowest BCUT2D eigenvalue weighted by molar-refractivity contribution is 0.311. The maximum atomic E-state index is 13.4. The number of nitrogens with zero attached hydrogens (tertiary/aromatic N) is 4. The molecule has 0 bridgehead atoms. The van der Waals surface area contributed by atoms with Crippen LogP contribution in [0.5, 0.6) is 0 Å². The van der Waals surface area contributed by atoms with Gasteiger partial charge in [-0.1, -0.05) is 28.1 Å². The van der Waals surface area contributed by atoms with Crippen LogP contribution in [0, 0.1) is 0 Å². The van der Waals surface area contributed by atoms with Crippen molar-refractivity contribution in [1.82, 2.24) is 14.9 Å². The molecule has 1 aromatic heterocycles. The molecule has 3 aromatic rings. The zero-order valence-electron chi connectivity index (χ0n) is 14.8. The molecule has 0 amide bonds. The number of fused-ring (bicyclic) bond motifs is 1. The monoisotopic (exact) mass is 446 g/mol. The normalized spacial score (nSPS) is 16.0. The Hall–Kier alpha value is -2.03. The standard InChI is InChI=1S/C19H19BrN4O2S/c1-23-10-12-24(13-11-23)18-19(22-17-5-3-2-4-16(17)21-18)27(25,26)15-8-6-14(20)7-9-15/h2-9H,10-13H2,1H3. The molecule has 2 aromatic carbocycles. The Labute approximate surface area is 166 Å². The zero-order valence-corrected chi connectivity index (χ0v) is 17.2. The highest BCUT2D eigenvalue weighted by Crippen LogP contribution is 2.30. The fraction of sp³-hybridized carbons (Fsp3) is 0.263. The van der Waals surface area contributed by atoms with Crippen LogP contribution in [0.1, 0.15) is 0 Å². The van der Waals surface area contributed by atoms with Crippen LogP contribution in [0.25, 0.3) is 11.0 Å². The van der Waals surface area contributed by atoms with Crippen molar-refractivity contribution in [3.63, 3.8) is 0 Å². The highest BCUT2D eigenvalue weighted by atomic mass is 79.9. The minimum atomic E-state index is -3.79. The maximum Gasteiger partial charge on any atom is 0.227 e. The Kier molecular flexibility index (Phi) is 4.88. The van der Waals surface area contributed by atoms with Crippen LogP contribution >= 0.6 is 15.9 Å². The molecule has 140 valence electrons. The number of hydrogen-bond donors (Lipinski definition) is 0. The van der Waals surface area contributed by atoms with E-state index in [-0.39, 0.29) is 9.92 Å². The van der Waals surface area contributed by atoms with Gasteiger partial charge in [0.2, 0.25) is 14.9 Å². The van der Waals surface area contributed by atoms with Gasteiger partial charge in [0.05, 0.1) is 15.9 Å². The smallest absolute Gasteiger partial charge is 0.227 e. The minimum Gasteiger partial charge on any atom is -0.352 e. The number of likely N-dealkylation sites (N-methyl/N-ethyl adjacent to an activating group) is 1. The lowest BCUT2D eigenvalue weighted by Crippen LogP contribution is -2.45. The molecule has 0 aliphatic carbocycles. The fourth-order valence-electron chi connectivity index (χ4n) is 3.10. The molecule has 6 nitrogen and oxygen atoms in total. The van der Waals surface area contributed by atoms with E-state index in [4.69, 9.17) is 0 Å². The number of anilines is 1. The maximum absolute atomic E-state index is 13.4. The molecular formula is C19H19BrN4O2S. The van der Waals surface area contributed by atoms with Gasteiger partial charge >= 0.3 is 0 Å². The number of halogens is 1. The highest BCUT2D eigenvalue weighted by Gasteiger charge is 2.29. The van der Waals surface area contributed by atoms with Gasteiger partial charge < -0.3 is 9.80 Å². The first-order chi connectivity index (χ1) is 12.9. The molecular weight excluding hydrogens is 428 g/mol. The summed E-state index contributed by atoms with van der Waals surface area (Å²) in [5.41, 5.74) is 1.27. The van der Waals surface area contributed by atoms with Gasteiger partial charge in [0.25, 0.3) is 0 Å². The Morgan fingerprint density at radius 1 is 0.889 bits per heavy atom. The van der Waals surface area contributed by atoms with Gasteiger partial charge in [0.15, 0.2) is 5.82 Å². The van der Waals surface area contributed by atoms with Crippen molar-refractivity contribution in [2.24, 2.45) is 0 Å². The number of sulfone groups is 1. The predicted molar refractivity (Wildman–Crippen MR) is 109 cm³/mol. The summed E-state index contributed by atoms with van der Waals surface area (Å²) < 4.78 is 27.5. The summed E-state index contributed by atoms with van der Waals surface area (Å²) in [4.78, 5) is 13.7. The summed E-state index contributed by atoms with van der Waals surface area (Å²) in [6.45, 7) is 3.14. The fourth-order valence-corrected chi connectivity index (χ4v) is 4.72. The quantitative estimate of drug-likeness (QED) is 0.615. The summed E-state index contributed by atoms with van der Waals surface area (Å²) in [5, 5.41) is 0.0214. The molecule has 1 fully saturated rings. The van der Waals surface area contributed by atoms with Crippen LogP contribution in [0.15, 0.2) is 62.9 Å². The van der Waals surface area contributed by atoms with Gasteiger partial charge in [-0.25, -0.2) is 18.4 Å². The third-order valence-corrected chi connectivity index (χ3v) is 6.91. The van der Waals surface area contributed by atoms with E-state index in [1.807, 2.05) is 23.1 Å². The summed E-state index contributed by atoms with van der Waals surface area (Å²) >= 11 is 3.35. The summed E-state index contributed by atoms with van der Waals surface area (Å²) in [5.74, 6) is 0.435. The molecule has 1 saturated heterocycles. The van der Waals surface area contributed by atoms with Crippen LogP contribution in [-0.2, 0) is 9.84 Å². The molecule has 27 heavy (non-hydrogen) atoms. The van der Waals surface area contributed by atoms with Gasteiger partial charge in [-0.2, -0.15) is 0 Å². The van der Waals surface area contributed by atoms with Gasteiger partial charge in [-0.3, -0.25) is 0 Å². The van der Waals surface area contributed by atoms with Crippen LogP contribution < -0.4 is 4.90 Å². The molecule has 8 heteroatoms. The SMILES string of the molecule is CN1CCN(c2nc3ccccc3nc2S(=O)(=O)c2ccc(Br)cc2)CC1. The molecule has 0 unspecified atom stereocenters. The lowest BCUT2D eigenvalue weighted by Gasteiger charge is -2.33. The van der Waals surface area contributed by atoms with E-state index in [0.29, 0.717) is 29.9 Å². The zero-order chi connectivity index (χ0) is 19.0. The van der Waals surface area contributed by atoms with E-state index in [1.165, 1.54) is 0 Å². The third-order valence-electron chi connectivity index (χ3n) is 4.70. The van der Waals surface area contributed by atoms with Crippen molar-refractivity contribution >= 4 is 42.6 Å². The molecule has 0 atom stereocenters. The second kappa shape index (κ2) is 7.18. The van der Waals surface area contributed by atoms with Gasteiger partial charge in [-0.05, 0) is 43.4 Å². The molecule has 0 N–H and O–H groups in total. The molecule has 2 heterocycles. The molecule has 1 aliphatic heterocycles. The second-order valence-electron chi connectivity index (χ2n) is 6.59. The Balaban J connectivity index is 1.89. The summed E-state index contributed by atoms with van der Waals surface area (Å²) in [6, 6.07) is 14.0. The number of piperazine rings is 1. The van der Waals surface area contributed by atoms with Crippen molar-refractivity contribution in [2.75, 3.05) is 38.1 Å². The molecule has 0 saturated carbocycles. The van der Waals surface area contributed by atoms with Crippen LogP contribution in [0.3, 0.4) is 0 Å². The van der Waals surface area contributed by atoms with Crippen LogP contribution in [-0.4, -0.2) is 56.5 Å². The van der Waals surface area contributed by atoms with Crippen molar-refractivity contribution < 1.29 is 8.42 Å². The lowest BCUT2D eigenvalue weighted by atomic mass is 10.3. The number of benzene rings is 2. The average molecular weight is 447 g/mol. The van der Waals surface area contributed by atoms with E-state index in [1.54, 1.807) is 30.3 Å². The highest BCUT2D eigenvalue weighted by molar-refractivity contribution is 9.10. The number of hydrogen-bond acceptors (Lipinski definition) is 6. The van der Waals surface area contributed by atoms with Crippen molar-refractivity contribution in [1.29, 1.82) is 0 Å². The third kappa shape index (κ3) is 3.56. The number of rotatable bonds is 3. The van der Waals surface area contributed by atoms with Crippen molar-refractivity contribution in [3.05, 3.63) is 53.0 Å². The van der Waals surface area contributed by atoms with Gasteiger partial charge in [0, 0.05) is 30.7 Å². The minimum absolute atomic E-state index is 0.0214. The van der Waals surface area contributed by atoms with E-state index in [2.05, 4.69) is 37.8 Å². The number of para-hydroxylation sites is 2. The average Bonchev–Trinajstić information content (AvgIpc) is 2.68. The molecule has 1 aliphatic rings.